The number of carbonyl (C=O) groups is 2. The Labute approximate surface area is 219 Å². The second-order valence-electron chi connectivity index (χ2n) is 10.4. The molecule has 1 aliphatic heterocycles. The Morgan fingerprint density at radius 1 is 1.14 bits per heavy atom. The molecule has 36 heavy (non-hydrogen) atoms. The second kappa shape index (κ2) is 12.7. The van der Waals surface area contributed by atoms with Crippen molar-refractivity contribution in [2.45, 2.75) is 70.4 Å². The Hall–Kier alpha value is -2.45. The number of halogens is 1. The highest BCUT2D eigenvalue weighted by atomic mass is 35.5. The summed E-state index contributed by atoms with van der Waals surface area (Å²) in [7, 11) is 1.81. The SMILES string of the molecule is CNCCC(=O)N[C@H](Cc1ccc(Cl)cc1)C(=O)N1CCC(Cn2cncn2)(C2CCCCC2)CC1. The van der Waals surface area contributed by atoms with E-state index in [1.54, 1.807) is 6.33 Å². The van der Waals surface area contributed by atoms with Crippen LogP contribution in [0.1, 0.15) is 56.9 Å². The zero-order valence-electron chi connectivity index (χ0n) is 21.3. The highest BCUT2D eigenvalue weighted by Gasteiger charge is 2.43. The molecule has 9 heteroatoms. The summed E-state index contributed by atoms with van der Waals surface area (Å²) in [6.07, 6.45) is 12.5. The van der Waals surface area contributed by atoms with Gasteiger partial charge >= 0.3 is 0 Å². The third kappa shape index (κ3) is 6.85. The Bertz CT molecular complexity index is 967. The topological polar surface area (TPSA) is 92.2 Å². The molecule has 1 saturated heterocycles. The van der Waals surface area contributed by atoms with E-state index in [1.807, 2.05) is 47.2 Å². The van der Waals surface area contributed by atoms with Gasteiger partial charge in [-0.3, -0.25) is 14.3 Å². The summed E-state index contributed by atoms with van der Waals surface area (Å²) < 4.78 is 1.97. The van der Waals surface area contributed by atoms with Crippen molar-refractivity contribution in [3.05, 3.63) is 47.5 Å². The molecule has 1 aromatic heterocycles. The van der Waals surface area contributed by atoms with Crippen molar-refractivity contribution in [2.75, 3.05) is 26.7 Å². The van der Waals surface area contributed by atoms with Crippen LogP contribution in [0.15, 0.2) is 36.9 Å². The number of hydrogen-bond acceptors (Lipinski definition) is 5. The minimum Gasteiger partial charge on any atom is -0.344 e. The van der Waals surface area contributed by atoms with Crippen LogP contribution in [-0.2, 0) is 22.6 Å². The molecule has 0 spiro atoms. The van der Waals surface area contributed by atoms with Gasteiger partial charge in [0.05, 0.1) is 0 Å². The molecule has 2 heterocycles. The van der Waals surface area contributed by atoms with Crippen molar-refractivity contribution in [1.82, 2.24) is 30.3 Å². The predicted octanol–water partition coefficient (Wildman–Crippen LogP) is 3.46. The van der Waals surface area contributed by atoms with Crippen LogP contribution in [-0.4, -0.2) is 64.2 Å². The van der Waals surface area contributed by atoms with E-state index in [4.69, 9.17) is 11.6 Å². The molecule has 4 rings (SSSR count). The Morgan fingerprint density at radius 3 is 2.50 bits per heavy atom. The number of benzene rings is 1. The van der Waals surface area contributed by atoms with E-state index in [9.17, 15) is 9.59 Å². The van der Waals surface area contributed by atoms with Gasteiger partial charge in [0, 0.05) is 44.0 Å². The van der Waals surface area contributed by atoms with Crippen molar-refractivity contribution < 1.29 is 9.59 Å². The standard InChI is InChI=1S/C27H39ClN6O2/c1-29-14-11-25(35)32-24(17-21-7-9-23(28)10-8-21)26(36)33-15-12-27(13-16-33,18-34-20-30-19-31-34)22-5-3-2-4-6-22/h7-10,19-20,22,24,29H,2-6,11-18H2,1H3,(H,32,35)/t24-/m1/s1. The first-order valence-electron chi connectivity index (χ1n) is 13.3. The van der Waals surface area contributed by atoms with E-state index in [1.165, 1.54) is 32.1 Å². The number of amides is 2. The molecular weight excluding hydrogens is 476 g/mol. The first-order valence-corrected chi connectivity index (χ1v) is 13.7. The Balaban J connectivity index is 1.46. The lowest BCUT2D eigenvalue weighted by Gasteiger charge is -2.48. The maximum atomic E-state index is 13.7. The van der Waals surface area contributed by atoms with Crippen LogP contribution in [0.3, 0.4) is 0 Å². The average Bonchev–Trinajstić information content (AvgIpc) is 3.42. The van der Waals surface area contributed by atoms with Crippen LogP contribution in [0.25, 0.3) is 0 Å². The van der Waals surface area contributed by atoms with Crippen molar-refractivity contribution in [2.24, 2.45) is 11.3 Å². The number of rotatable bonds is 10. The fourth-order valence-electron chi connectivity index (χ4n) is 6.00. The zero-order valence-corrected chi connectivity index (χ0v) is 22.1. The lowest BCUT2D eigenvalue weighted by molar-refractivity contribution is -0.139. The summed E-state index contributed by atoms with van der Waals surface area (Å²) in [5.74, 6) is 0.538. The van der Waals surface area contributed by atoms with Crippen LogP contribution in [0.5, 0.6) is 0 Å². The van der Waals surface area contributed by atoms with Gasteiger partial charge in [0.25, 0.3) is 0 Å². The third-order valence-electron chi connectivity index (χ3n) is 8.07. The number of piperidine rings is 1. The van der Waals surface area contributed by atoms with E-state index in [0.29, 0.717) is 43.4 Å². The molecule has 1 saturated carbocycles. The number of nitrogens with zero attached hydrogens (tertiary/aromatic N) is 4. The molecule has 0 bridgehead atoms. The predicted molar refractivity (Wildman–Crippen MR) is 140 cm³/mol. The summed E-state index contributed by atoms with van der Waals surface area (Å²) in [6.45, 7) is 2.83. The molecule has 0 unspecified atom stereocenters. The number of aromatic nitrogens is 3. The largest absolute Gasteiger partial charge is 0.344 e. The normalized spacial score (nSPS) is 19.1. The van der Waals surface area contributed by atoms with E-state index in [0.717, 1.165) is 24.9 Å². The quantitative estimate of drug-likeness (QED) is 0.506. The van der Waals surface area contributed by atoms with Crippen LogP contribution in [0.4, 0.5) is 0 Å². The number of hydrogen-bond donors (Lipinski definition) is 2. The van der Waals surface area contributed by atoms with E-state index < -0.39 is 6.04 Å². The van der Waals surface area contributed by atoms with Crippen molar-refractivity contribution in [3.8, 4) is 0 Å². The molecule has 1 aliphatic carbocycles. The van der Waals surface area contributed by atoms with Crippen molar-refractivity contribution in [1.29, 1.82) is 0 Å². The average molecular weight is 515 g/mol. The molecule has 2 aliphatic rings. The van der Waals surface area contributed by atoms with Gasteiger partial charge in [-0.25, -0.2) is 4.98 Å². The van der Waals surface area contributed by atoms with Gasteiger partial charge in [-0.15, -0.1) is 0 Å². The first-order chi connectivity index (χ1) is 17.5. The molecule has 8 nitrogen and oxygen atoms in total. The van der Waals surface area contributed by atoms with Gasteiger partial charge in [-0.05, 0) is 61.8 Å². The van der Waals surface area contributed by atoms with E-state index in [2.05, 4.69) is 20.7 Å². The summed E-state index contributed by atoms with van der Waals surface area (Å²) in [6, 6.07) is 6.90. The molecule has 2 fully saturated rings. The summed E-state index contributed by atoms with van der Waals surface area (Å²) >= 11 is 6.05. The van der Waals surface area contributed by atoms with Crippen LogP contribution in [0, 0.1) is 11.3 Å². The second-order valence-corrected chi connectivity index (χ2v) is 10.9. The molecule has 196 valence electrons. The third-order valence-corrected chi connectivity index (χ3v) is 8.33. The number of carbonyl (C=O) groups excluding carboxylic acids is 2. The highest BCUT2D eigenvalue weighted by Crippen LogP contribution is 2.47. The highest BCUT2D eigenvalue weighted by molar-refractivity contribution is 6.30. The van der Waals surface area contributed by atoms with Crippen molar-refractivity contribution in [3.63, 3.8) is 0 Å². The molecule has 2 aromatic rings. The molecule has 1 aromatic carbocycles. The van der Waals surface area contributed by atoms with Crippen molar-refractivity contribution >= 4 is 23.4 Å². The minimum absolute atomic E-state index is 0.000702. The molecule has 2 N–H and O–H groups in total. The fraction of sp³-hybridized carbons (Fsp3) is 0.630. The maximum absolute atomic E-state index is 13.7. The van der Waals surface area contributed by atoms with Gasteiger partial charge in [-0.1, -0.05) is 43.0 Å². The van der Waals surface area contributed by atoms with Crippen LogP contribution < -0.4 is 10.6 Å². The lowest BCUT2D eigenvalue weighted by atomic mass is 9.63. The summed E-state index contributed by atoms with van der Waals surface area (Å²) in [5, 5.41) is 11.1. The first kappa shape index (κ1) is 26.6. The van der Waals surface area contributed by atoms with Gasteiger partial charge in [-0.2, -0.15) is 5.10 Å². The van der Waals surface area contributed by atoms with E-state index in [-0.39, 0.29) is 17.2 Å². The molecule has 1 atom stereocenters. The van der Waals surface area contributed by atoms with E-state index >= 15 is 0 Å². The Morgan fingerprint density at radius 2 is 1.86 bits per heavy atom. The van der Waals surface area contributed by atoms with Gasteiger partial charge in [0.2, 0.25) is 11.8 Å². The molecular formula is C27H39ClN6O2. The van der Waals surface area contributed by atoms with Gasteiger partial charge in [0.1, 0.15) is 18.7 Å². The Kier molecular flexibility index (Phi) is 9.37. The smallest absolute Gasteiger partial charge is 0.245 e. The number of likely N-dealkylation sites (tertiary alicyclic amines) is 1. The molecule has 2 amide bonds. The monoisotopic (exact) mass is 514 g/mol. The van der Waals surface area contributed by atoms with Crippen LogP contribution >= 0.6 is 11.6 Å². The minimum atomic E-state index is -0.590. The summed E-state index contributed by atoms with van der Waals surface area (Å²) in [5.41, 5.74) is 1.11. The number of nitrogens with one attached hydrogen (secondary N) is 2. The zero-order chi connectivity index (χ0) is 25.4. The summed E-state index contributed by atoms with van der Waals surface area (Å²) in [4.78, 5) is 32.4. The maximum Gasteiger partial charge on any atom is 0.245 e. The lowest BCUT2D eigenvalue weighted by Crippen LogP contribution is -2.54. The van der Waals surface area contributed by atoms with Crippen LogP contribution in [0.2, 0.25) is 5.02 Å². The van der Waals surface area contributed by atoms with Gasteiger partial charge < -0.3 is 15.5 Å². The molecule has 0 radical (unpaired) electrons. The fourth-order valence-corrected chi connectivity index (χ4v) is 6.13. The van der Waals surface area contributed by atoms with Gasteiger partial charge in [0.15, 0.2) is 0 Å².